The molecule has 1 aliphatic carbocycles. The van der Waals surface area contributed by atoms with E-state index < -0.39 is 5.41 Å². The van der Waals surface area contributed by atoms with Gasteiger partial charge < -0.3 is 4.79 Å². The fourth-order valence-electron chi connectivity index (χ4n) is 1.84. The van der Waals surface area contributed by atoms with Crippen molar-refractivity contribution in [3.05, 3.63) is 35.6 Å². The van der Waals surface area contributed by atoms with Crippen LogP contribution in [0.15, 0.2) is 50.8 Å². The minimum Gasteiger partial charge on any atom is -0.302 e. The normalized spacial score (nSPS) is 30.3. The molecule has 0 aromatic rings. The Morgan fingerprint density at radius 3 is 3.20 bits per heavy atom. The van der Waals surface area contributed by atoms with Crippen molar-refractivity contribution < 1.29 is 4.79 Å². The number of nitrogens with zero attached hydrogens (tertiary/aromatic N) is 3. The van der Waals surface area contributed by atoms with E-state index in [1.807, 2.05) is 18.2 Å². The lowest BCUT2D eigenvalue weighted by Crippen LogP contribution is -2.30. The van der Waals surface area contributed by atoms with Gasteiger partial charge in [-0.25, -0.2) is 0 Å². The van der Waals surface area contributed by atoms with Crippen LogP contribution in [0.4, 0.5) is 0 Å². The number of carbonyl (C=O) groups excluding carboxylic acids is 1. The molecule has 3 aliphatic rings. The van der Waals surface area contributed by atoms with Crippen LogP contribution in [0, 0.1) is 5.41 Å². The van der Waals surface area contributed by atoms with E-state index in [1.54, 1.807) is 18.6 Å². The van der Waals surface area contributed by atoms with Gasteiger partial charge in [-0.2, -0.15) is 10.2 Å². The maximum atomic E-state index is 11.2. The molecular weight excluding hydrogens is 190 g/mol. The maximum absolute atomic E-state index is 11.2. The second kappa shape index (κ2) is 2.70. The zero-order chi connectivity index (χ0) is 10.3. The van der Waals surface area contributed by atoms with Gasteiger partial charge in [-0.05, 0) is 17.7 Å². The SMILES string of the molecule is O=CC12C=NC=CC1=CC1=NN=CC1=C2. The predicted octanol–water partition coefficient (Wildman–Crippen LogP) is 1.08. The summed E-state index contributed by atoms with van der Waals surface area (Å²) in [6.45, 7) is 0. The summed E-state index contributed by atoms with van der Waals surface area (Å²) in [6.07, 6.45) is 11.4. The Labute approximate surface area is 86.1 Å². The molecule has 0 bridgehead atoms. The lowest BCUT2D eigenvalue weighted by molar-refractivity contribution is -0.110. The summed E-state index contributed by atoms with van der Waals surface area (Å²) >= 11 is 0. The van der Waals surface area contributed by atoms with E-state index in [0.29, 0.717) is 0 Å². The van der Waals surface area contributed by atoms with Gasteiger partial charge in [0.05, 0.1) is 11.9 Å². The summed E-state index contributed by atoms with van der Waals surface area (Å²) in [5.74, 6) is 0. The van der Waals surface area contributed by atoms with Gasteiger partial charge >= 0.3 is 0 Å². The van der Waals surface area contributed by atoms with Gasteiger partial charge in [0.25, 0.3) is 0 Å². The summed E-state index contributed by atoms with van der Waals surface area (Å²) in [6, 6.07) is 0. The molecule has 0 aromatic heterocycles. The minimum atomic E-state index is -0.723. The number of aliphatic imine (C=N–C) groups is 1. The van der Waals surface area contributed by atoms with Crippen LogP contribution in [-0.4, -0.2) is 24.4 Å². The number of carbonyl (C=O) groups is 1. The highest BCUT2D eigenvalue weighted by molar-refractivity contribution is 6.26. The molecule has 15 heavy (non-hydrogen) atoms. The third-order valence-electron chi connectivity index (χ3n) is 2.67. The molecule has 2 aliphatic heterocycles. The Morgan fingerprint density at radius 1 is 1.40 bits per heavy atom. The van der Waals surface area contributed by atoms with Gasteiger partial charge in [0.2, 0.25) is 0 Å². The van der Waals surface area contributed by atoms with E-state index in [1.165, 1.54) is 0 Å². The van der Waals surface area contributed by atoms with Crippen LogP contribution < -0.4 is 0 Å². The van der Waals surface area contributed by atoms with Crippen LogP contribution in [0.3, 0.4) is 0 Å². The number of aldehydes is 1. The first-order valence-corrected chi connectivity index (χ1v) is 4.58. The first-order valence-electron chi connectivity index (χ1n) is 4.58. The molecular formula is C11H7N3O. The Bertz CT molecular complexity index is 520. The third-order valence-corrected chi connectivity index (χ3v) is 2.67. The molecule has 4 heteroatoms. The van der Waals surface area contributed by atoms with Crippen LogP contribution in [0.5, 0.6) is 0 Å². The van der Waals surface area contributed by atoms with Crippen molar-refractivity contribution >= 4 is 24.4 Å². The van der Waals surface area contributed by atoms with E-state index in [-0.39, 0.29) is 0 Å². The largest absolute Gasteiger partial charge is 0.302 e. The summed E-state index contributed by atoms with van der Waals surface area (Å²) in [5.41, 5.74) is 1.86. The molecule has 2 heterocycles. The van der Waals surface area contributed by atoms with Gasteiger partial charge in [-0.1, -0.05) is 6.08 Å². The standard InChI is InChI=1S/C11H7N3O/c15-7-11-4-8-5-13-14-10(8)3-9(11)1-2-12-6-11/h1-7H. The Kier molecular flexibility index (Phi) is 1.48. The number of allylic oxidation sites excluding steroid dienone is 5. The summed E-state index contributed by atoms with van der Waals surface area (Å²) < 4.78 is 0. The van der Waals surface area contributed by atoms with Crippen molar-refractivity contribution in [3.63, 3.8) is 0 Å². The molecule has 0 saturated carbocycles. The van der Waals surface area contributed by atoms with Crippen LogP contribution in [-0.2, 0) is 4.79 Å². The Balaban J connectivity index is 2.22. The van der Waals surface area contributed by atoms with E-state index >= 15 is 0 Å². The van der Waals surface area contributed by atoms with E-state index in [4.69, 9.17) is 0 Å². The van der Waals surface area contributed by atoms with Gasteiger partial charge in [0.15, 0.2) is 0 Å². The molecule has 3 rings (SSSR count). The van der Waals surface area contributed by atoms with Gasteiger partial charge in [0.1, 0.15) is 11.7 Å². The highest BCUT2D eigenvalue weighted by Crippen LogP contribution is 2.34. The Hall–Kier alpha value is -2.10. The molecule has 0 aromatic carbocycles. The van der Waals surface area contributed by atoms with Crippen molar-refractivity contribution in [2.45, 2.75) is 0 Å². The molecule has 0 saturated heterocycles. The molecule has 0 radical (unpaired) electrons. The third kappa shape index (κ3) is 1.01. The average molecular weight is 197 g/mol. The van der Waals surface area contributed by atoms with Gasteiger partial charge in [-0.3, -0.25) is 4.99 Å². The van der Waals surface area contributed by atoms with Gasteiger partial charge in [-0.15, -0.1) is 0 Å². The molecule has 0 fully saturated rings. The van der Waals surface area contributed by atoms with Crippen molar-refractivity contribution in [3.8, 4) is 0 Å². The zero-order valence-corrected chi connectivity index (χ0v) is 7.79. The highest BCUT2D eigenvalue weighted by atomic mass is 16.1. The molecule has 0 N–H and O–H groups in total. The second-order valence-corrected chi connectivity index (χ2v) is 3.57. The fourth-order valence-corrected chi connectivity index (χ4v) is 1.84. The van der Waals surface area contributed by atoms with E-state index in [2.05, 4.69) is 15.2 Å². The van der Waals surface area contributed by atoms with Crippen LogP contribution in [0.2, 0.25) is 0 Å². The number of fused-ring (bicyclic) bond motifs is 2. The lowest BCUT2D eigenvalue weighted by Gasteiger charge is -2.27. The zero-order valence-electron chi connectivity index (χ0n) is 7.79. The molecule has 0 spiro atoms. The van der Waals surface area contributed by atoms with Crippen LogP contribution >= 0.6 is 0 Å². The van der Waals surface area contributed by atoms with Crippen molar-refractivity contribution in [2.75, 3.05) is 0 Å². The van der Waals surface area contributed by atoms with E-state index in [9.17, 15) is 4.79 Å². The summed E-state index contributed by atoms with van der Waals surface area (Å²) in [4.78, 5) is 15.2. The van der Waals surface area contributed by atoms with Crippen molar-refractivity contribution in [1.29, 1.82) is 0 Å². The first-order chi connectivity index (χ1) is 7.34. The predicted molar refractivity (Wildman–Crippen MR) is 58.2 cm³/mol. The molecule has 4 nitrogen and oxygen atoms in total. The fraction of sp³-hybridized carbons (Fsp3) is 0.0909. The van der Waals surface area contributed by atoms with Crippen LogP contribution in [0.1, 0.15) is 0 Å². The molecule has 72 valence electrons. The van der Waals surface area contributed by atoms with E-state index in [0.717, 1.165) is 23.1 Å². The molecule has 1 atom stereocenters. The van der Waals surface area contributed by atoms with Gasteiger partial charge in [0, 0.05) is 18.0 Å². The number of hydrogen-bond acceptors (Lipinski definition) is 4. The summed E-state index contributed by atoms with van der Waals surface area (Å²) in [7, 11) is 0. The highest BCUT2D eigenvalue weighted by Gasteiger charge is 2.35. The minimum absolute atomic E-state index is 0.723. The smallest absolute Gasteiger partial charge is 0.139 e. The van der Waals surface area contributed by atoms with Crippen LogP contribution in [0.25, 0.3) is 0 Å². The molecule has 1 unspecified atom stereocenters. The monoisotopic (exact) mass is 197 g/mol. The van der Waals surface area contributed by atoms with Crippen molar-refractivity contribution in [2.24, 2.45) is 20.6 Å². The topological polar surface area (TPSA) is 54.1 Å². The maximum Gasteiger partial charge on any atom is 0.139 e. The van der Waals surface area contributed by atoms with Crippen molar-refractivity contribution in [1.82, 2.24) is 0 Å². The molecule has 0 amide bonds. The average Bonchev–Trinajstić information content (AvgIpc) is 2.72. The lowest BCUT2D eigenvalue weighted by atomic mass is 9.75. The summed E-state index contributed by atoms with van der Waals surface area (Å²) in [5, 5.41) is 7.78. The number of rotatable bonds is 1. The first kappa shape index (κ1) is 8.23. The Morgan fingerprint density at radius 2 is 2.33 bits per heavy atom. The quantitative estimate of drug-likeness (QED) is 0.580. The number of hydrogen-bond donors (Lipinski definition) is 0. The second-order valence-electron chi connectivity index (χ2n) is 3.57.